The summed E-state index contributed by atoms with van der Waals surface area (Å²) >= 11 is 6.93. The van der Waals surface area contributed by atoms with Crippen LogP contribution in [0.4, 0.5) is 11.4 Å². The number of benzene rings is 1. The van der Waals surface area contributed by atoms with Gasteiger partial charge in [0, 0.05) is 29.6 Å². The van der Waals surface area contributed by atoms with E-state index < -0.39 is 0 Å². The Kier molecular flexibility index (Phi) is 4.24. The Balaban J connectivity index is 1.96. The molecule has 1 aromatic heterocycles. The molecular formula is C12H12ClN3O2S. The highest BCUT2D eigenvalue weighted by atomic mass is 35.5. The summed E-state index contributed by atoms with van der Waals surface area (Å²) in [7, 11) is 0. The number of carbonyl (C=O) groups excluding carboxylic acids is 1. The van der Waals surface area contributed by atoms with E-state index in [1.54, 1.807) is 29.8 Å². The number of anilines is 2. The standard InChI is InChI=1S/C12H12ClN3O2S/c13-8-1-2-9(14)10(7-8)15-11(17)3-4-16-5-6-19-12(16)18/h1-2,5-7H,3-4,14H2,(H,15,17). The molecule has 0 bridgehead atoms. The highest BCUT2D eigenvalue weighted by Gasteiger charge is 2.07. The van der Waals surface area contributed by atoms with Gasteiger partial charge in [-0.1, -0.05) is 22.9 Å². The molecule has 19 heavy (non-hydrogen) atoms. The molecule has 0 aliphatic heterocycles. The lowest BCUT2D eigenvalue weighted by Gasteiger charge is -2.08. The van der Waals surface area contributed by atoms with E-state index in [0.29, 0.717) is 22.9 Å². The molecule has 100 valence electrons. The zero-order valence-corrected chi connectivity index (χ0v) is 11.5. The largest absolute Gasteiger partial charge is 0.397 e. The van der Waals surface area contributed by atoms with E-state index in [9.17, 15) is 9.59 Å². The molecule has 0 saturated heterocycles. The van der Waals surface area contributed by atoms with Crippen LogP contribution in [0.25, 0.3) is 0 Å². The number of carbonyl (C=O) groups is 1. The van der Waals surface area contributed by atoms with Gasteiger partial charge in [-0.15, -0.1) is 0 Å². The summed E-state index contributed by atoms with van der Waals surface area (Å²) in [5.74, 6) is -0.216. The molecule has 1 heterocycles. The lowest BCUT2D eigenvalue weighted by Crippen LogP contribution is -2.19. The first-order chi connectivity index (χ1) is 9.06. The Hall–Kier alpha value is -1.79. The Morgan fingerprint density at radius 1 is 1.47 bits per heavy atom. The van der Waals surface area contributed by atoms with E-state index in [4.69, 9.17) is 17.3 Å². The summed E-state index contributed by atoms with van der Waals surface area (Å²) in [6.45, 7) is 0.342. The van der Waals surface area contributed by atoms with Crippen molar-refractivity contribution in [2.45, 2.75) is 13.0 Å². The second-order valence-electron chi connectivity index (χ2n) is 3.89. The lowest BCUT2D eigenvalue weighted by atomic mass is 10.2. The summed E-state index contributed by atoms with van der Waals surface area (Å²) in [5, 5.41) is 4.86. The van der Waals surface area contributed by atoms with Gasteiger partial charge < -0.3 is 15.6 Å². The number of amides is 1. The van der Waals surface area contributed by atoms with Crippen molar-refractivity contribution in [2.24, 2.45) is 0 Å². The van der Waals surface area contributed by atoms with E-state index in [0.717, 1.165) is 11.3 Å². The van der Waals surface area contributed by atoms with Gasteiger partial charge in [-0.05, 0) is 18.2 Å². The Bertz CT molecular complexity index is 650. The number of nitrogens with one attached hydrogen (secondary N) is 1. The van der Waals surface area contributed by atoms with Crippen LogP contribution in [0.2, 0.25) is 5.02 Å². The van der Waals surface area contributed by atoms with E-state index in [-0.39, 0.29) is 17.2 Å². The molecule has 3 N–H and O–H groups in total. The van der Waals surface area contributed by atoms with Gasteiger partial charge in [0.15, 0.2) is 0 Å². The van der Waals surface area contributed by atoms with Crippen LogP contribution in [0.1, 0.15) is 6.42 Å². The molecule has 0 spiro atoms. The molecule has 0 aliphatic carbocycles. The maximum absolute atomic E-state index is 11.8. The Labute approximate surface area is 118 Å². The maximum Gasteiger partial charge on any atom is 0.307 e. The van der Waals surface area contributed by atoms with Crippen molar-refractivity contribution in [1.82, 2.24) is 4.57 Å². The zero-order valence-electron chi connectivity index (χ0n) is 9.93. The van der Waals surface area contributed by atoms with Crippen LogP contribution in [0.3, 0.4) is 0 Å². The average Bonchev–Trinajstić information content (AvgIpc) is 2.77. The van der Waals surface area contributed by atoms with Gasteiger partial charge in [-0.3, -0.25) is 9.59 Å². The molecule has 0 saturated carbocycles. The molecule has 2 rings (SSSR count). The van der Waals surface area contributed by atoms with Gasteiger partial charge in [-0.2, -0.15) is 0 Å². The summed E-state index contributed by atoms with van der Waals surface area (Å²) < 4.78 is 1.49. The van der Waals surface area contributed by atoms with Gasteiger partial charge in [0.25, 0.3) is 0 Å². The zero-order chi connectivity index (χ0) is 13.8. The van der Waals surface area contributed by atoms with E-state index in [1.165, 1.54) is 4.57 Å². The predicted octanol–water partition coefficient (Wildman–Crippen LogP) is 2.17. The summed E-state index contributed by atoms with van der Waals surface area (Å²) in [4.78, 5) is 23.0. The van der Waals surface area contributed by atoms with E-state index >= 15 is 0 Å². The second-order valence-corrected chi connectivity index (χ2v) is 5.19. The first-order valence-electron chi connectivity index (χ1n) is 5.55. The highest BCUT2D eigenvalue weighted by Crippen LogP contribution is 2.22. The fraction of sp³-hybridized carbons (Fsp3) is 0.167. The Morgan fingerprint density at radius 3 is 2.95 bits per heavy atom. The highest BCUT2D eigenvalue weighted by molar-refractivity contribution is 7.07. The maximum atomic E-state index is 11.8. The van der Waals surface area contributed by atoms with Crippen molar-refractivity contribution in [2.75, 3.05) is 11.1 Å². The second kappa shape index (κ2) is 5.90. The molecule has 1 aromatic carbocycles. The van der Waals surface area contributed by atoms with Crippen LogP contribution in [0.15, 0.2) is 34.6 Å². The van der Waals surface area contributed by atoms with Gasteiger partial charge in [0.2, 0.25) is 5.91 Å². The van der Waals surface area contributed by atoms with Crippen molar-refractivity contribution in [3.63, 3.8) is 0 Å². The van der Waals surface area contributed by atoms with E-state index in [1.807, 2.05) is 0 Å². The quantitative estimate of drug-likeness (QED) is 0.849. The van der Waals surface area contributed by atoms with Crippen LogP contribution in [-0.2, 0) is 11.3 Å². The molecule has 5 nitrogen and oxygen atoms in total. The first kappa shape index (κ1) is 13.6. The van der Waals surface area contributed by atoms with Crippen LogP contribution in [-0.4, -0.2) is 10.5 Å². The number of nitrogens with two attached hydrogens (primary N) is 1. The van der Waals surface area contributed by atoms with Crippen molar-refractivity contribution in [3.05, 3.63) is 44.5 Å². The van der Waals surface area contributed by atoms with Crippen LogP contribution in [0.5, 0.6) is 0 Å². The molecule has 1 amide bonds. The van der Waals surface area contributed by atoms with Gasteiger partial charge in [0.05, 0.1) is 11.4 Å². The smallest absolute Gasteiger partial charge is 0.307 e. The van der Waals surface area contributed by atoms with Crippen molar-refractivity contribution >= 4 is 40.2 Å². The van der Waals surface area contributed by atoms with Gasteiger partial charge in [0.1, 0.15) is 0 Å². The molecule has 7 heteroatoms. The third kappa shape index (κ3) is 3.59. The number of hydrogen-bond donors (Lipinski definition) is 2. The molecule has 0 radical (unpaired) electrons. The molecule has 0 fully saturated rings. The fourth-order valence-corrected chi connectivity index (χ4v) is 2.31. The number of nitrogens with zero attached hydrogens (tertiary/aromatic N) is 1. The number of aromatic nitrogens is 1. The molecule has 2 aromatic rings. The van der Waals surface area contributed by atoms with Crippen LogP contribution in [0, 0.1) is 0 Å². The predicted molar refractivity (Wildman–Crippen MR) is 77.7 cm³/mol. The molecule has 0 unspecified atom stereocenters. The number of nitrogen functional groups attached to an aromatic ring is 1. The van der Waals surface area contributed by atoms with Crippen LogP contribution >= 0.6 is 22.9 Å². The monoisotopic (exact) mass is 297 g/mol. The summed E-state index contributed by atoms with van der Waals surface area (Å²) in [5.41, 5.74) is 6.66. The normalized spacial score (nSPS) is 10.4. The number of halogens is 1. The van der Waals surface area contributed by atoms with Crippen molar-refractivity contribution in [1.29, 1.82) is 0 Å². The first-order valence-corrected chi connectivity index (χ1v) is 6.81. The topological polar surface area (TPSA) is 77.1 Å². The van der Waals surface area contributed by atoms with Crippen molar-refractivity contribution < 1.29 is 4.79 Å². The number of aryl methyl sites for hydroxylation is 1. The lowest BCUT2D eigenvalue weighted by molar-refractivity contribution is -0.116. The van der Waals surface area contributed by atoms with Crippen LogP contribution < -0.4 is 15.9 Å². The summed E-state index contributed by atoms with van der Waals surface area (Å²) in [6.07, 6.45) is 1.86. The SMILES string of the molecule is Nc1ccc(Cl)cc1NC(=O)CCn1ccsc1=O. The number of thiazole rings is 1. The number of hydrogen-bond acceptors (Lipinski definition) is 4. The van der Waals surface area contributed by atoms with Gasteiger partial charge in [-0.25, -0.2) is 0 Å². The van der Waals surface area contributed by atoms with E-state index in [2.05, 4.69) is 5.32 Å². The molecule has 0 aliphatic rings. The van der Waals surface area contributed by atoms with Crippen molar-refractivity contribution in [3.8, 4) is 0 Å². The number of rotatable bonds is 4. The average molecular weight is 298 g/mol. The minimum atomic E-state index is -0.216. The third-order valence-electron chi connectivity index (χ3n) is 2.51. The van der Waals surface area contributed by atoms with Gasteiger partial charge >= 0.3 is 4.87 Å². The fourth-order valence-electron chi connectivity index (χ4n) is 1.53. The Morgan fingerprint density at radius 2 is 2.26 bits per heavy atom. The third-order valence-corrected chi connectivity index (χ3v) is 3.44. The minimum Gasteiger partial charge on any atom is -0.397 e. The summed E-state index contributed by atoms with van der Waals surface area (Å²) in [6, 6.07) is 4.87. The molecule has 0 atom stereocenters. The minimum absolute atomic E-state index is 0.0740. The molecular weight excluding hydrogens is 286 g/mol.